The topological polar surface area (TPSA) is 34.1 Å². The number of ether oxygens (including phenoxy) is 1. The Morgan fingerprint density at radius 1 is 1.07 bits per heavy atom. The van der Waals surface area contributed by atoms with Crippen molar-refractivity contribution in [2.24, 2.45) is 0 Å². The van der Waals surface area contributed by atoms with Crippen LogP contribution in [0.3, 0.4) is 0 Å². The highest BCUT2D eigenvalue weighted by Gasteiger charge is 1.95. The van der Waals surface area contributed by atoms with Crippen LogP contribution in [0.15, 0.2) is 48.7 Å². The van der Waals surface area contributed by atoms with Crippen molar-refractivity contribution in [1.29, 1.82) is 0 Å². The van der Waals surface area contributed by atoms with Crippen molar-refractivity contribution in [3.63, 3.8) is 0 Å². The number of rotatable bonds is 3. The van der Waals surface area contributed by atoms with E-state index in [0.717, 1.165) is 17.3 Å². The van der Waals surface area contributed by atoms with Gasteiger partial charge in [-0.3, -0.25) is 0 Å². The molecule has 3 heteroatoms. The molecule has 3 nitrogen and oxygen atoms in total. The molecular weight excluding hydrogens is 188 g/mol. The second kappa shape index (κ2) is 4.46. The van der Waals surface area contributed by atoms with Gasteiger partial charge in [-0.1, -0.05) is 6.07 Å². The fourth-order valence-corrected chi connectivity index (χ4v) is 1.26. The summed E-state index contributed by atoms with van der Waals surface area (Å²) in [5.41, 5.74) is 0.995. The van der Waals surface area contributed by atoms with E-state index in [0.29, 0.717) is 0 Å². The number of anilines is 2. The SMILES string of the molecule is COc1ccc(Nc2ccccn2)cc1. The van der Waals surface area contributed by atoms with Crippen molar-refractivity contribution >= 4 is 11.5 Å². The van der Waals surface area contributed by atoms with Gasteiger partial charge in [0.15, 0.2) is 0 Å². The number of hydrogen-bond donors (Lipinski definition) is 1. The van der Waals surface area contributed by atoms with E-state index in [-0.39, 0.29) is 0 Å². The summed E-state index contributed by atoms with van der Waals surface area (Å²) in [7, 11) is 1.65. The van der Waals surface area contributed by atoms with Gasteiger partial charge in [0.1, 0.15) is 11.6 Å². The molecule has 2 aromatic rings. The highest BCUT2D eigenvalue weighted by molar-refractivity contribution is 5.56. The van der Waals surface area contributed by atoms with E-state index in [1.807, 2.05) is 42.5 Å². The van der Waals surface area contributed by atoms with Crippen molar-refractivity contribution < 1.29 is 4.74 Å². The Morgan fingerprint density at radius 3 is 2.47 bits per heavy atom. The van der Waals surface area contributed by atoms with Crippen LogP contribution in [0.25, 0.3) is 0 Å². The molecule has 1 aromatic heterocycles. The van der Waals surface area contributed by atoms with Gasteiger partial charge >= 0.3 is 0 Å². The minimum atomic E-state index is 0.836. The lowest BCUT2D eigenvalue weighted by Gasteiger charge is -2.05. The highest BCUT2D eigenvalue weighted by atomic mass is 16.5. The summed E-state index contributed by atoms with van der Waals surface area (Å²) in [5.74, 6) is 1.68. The zero-order chi connectivity index (χ0) is 10.5. The summed E-state index contributed by atoms with van der Waals surface area (Å²) in [6, 6.07) is 13.5. The predicted molar refractivity (Wildman–Crippen MR) is 60.5 cm³/mol. The highest BCUT2D eigenvalue weighted by Crippen LogP contribution is 2.17. The molecule has 0 aliphatic carbocycles. The first kappa shape index (κ1) is 9.52. The first-order valence-corrected chi connectivity index (χ1v) is 4.70. The Bertz CT molecular complexity index is 411. The van der Waals surface area contributed by atoms with Gasteiger partial charge in [0.2, 0.25) is 0 Å². The molecule has 0 spiro atoms. The Hall–Kier alpha value is -2.03. The van der Waals surface area contributed by atoms with Crippen LogP contribution < -0.4 is 10.1 Å². The third kappa shape index (κ3) is 2.47. The monoisotopic (exact) mass is 200 g/mol. The lowest BCUT2D eigenvalue weighted by atomic mass is 10.3. The van der Waals surface area contributed by atoms with E-state index >= 15 is 0 Å². The number of nitrogens with zero attached hydrogens (tertiary/aromatic N) is 1. The summed E-state index contributed by atoms with van der Waals surface area (Å²) in [6.07, 6.45) is 1.76. The molecule has 0 amide bonds. The molecule has 1 heterocycles. The van der Waals surface area contributed by atoms with Crippen molar-refractivity contribution in [3.05, 3.63) is 48.7 Å². The zero-order valence-electron chi connectivity index (χ0n) is 8.47. The Labute approximate surface area is 88.7 Å². The molecule has 1 N–H and O–H groups in total. The molecule has 0 unspecified atom stereocenters. The van der Waals surface area contributed by atoms with Crippen LogP contribution in [0.5, 0.6) is 5.75 Å². The maximum absolute atomic E-state index is 5.08. The maximum Gasteiger partial charge on any atom is 0.130 e. The molecular formula is C12H12N2O. The molecule has 0 saturated heterocycles. The number of benzene rings is 1. The minimum absolute atomic E-state index is 0.836. The van der Waals surface area contributed by atoms with E-state index in [9.17, 15) is 0 Å². The molecule has 0 saturated carbocycles. The van der Waals surface area contributed by atoms with Gasteiger partial charge in [0.25, 0.3) is 0 Å². The molecule has 2 rings (SSSR count). The van der Waals surface area contributed by atoms with E-state index in [1.54, 1.807) is 13.3 Å². The normalized spacial score (nSPS) is 9.67. The van der Waals surface area contributed by atoms with Gasteiger partial charge < -0.3 is 10.1 Å². The number of methoxy groups -OCH3 is 1. The van der Waals surface area contributed by atoms with Crippen LogP contribution in [-0.2, 0) is 0 Å². The molecule has 0 aliphatic rings. The first-order valence-electron chi connectivity index (χ1n) is 4.70. The molecule has 1 aromatic carbocycles. The third-order valence-corrected chi connectivity index (χ3v) is 2.03. The van der Waals surface area contributed by atoms with Crippen LogP contribution in [-0.4, -0.2) is 12.1 Å². The van der Waals surface area contributed by atoms with Crippen molar-refractivity contribution in [2.75, 3.05) is 12.4 Å². The molecule has 0 bridgehead atoms. The van der Waals surface area contributed by atoms with Gasteiger partial charge in [-0.15, -0.1) is 0 Å². The Kier molecular flexibility index (Phi) is 2.83. The molecule has 0 atom stereocenters. The summed E-state index contributed by atoms with van der Waals surface area (Å²) in [6.45, 7) is 0. The summed E-state index contributed by atoms with van der Waals surface area (Å²) in [5, 5.41) is 3.19. The van der Waals surface area contributed by atoms with Crippen LogP contribution in [0.1, 0.15) is 0 Å². The molecule has 0 aliphatic heterocycles. The molecule has 15 heavy (non-hydrogen) atoms. The third-order valence-electron chi connectivity index (χ3n) is 2.03. The summed E-state index contributed by atoms with van der Waals surface area (Å²) >= 11 is 0. The zero-order valence-corrected chi connectivity index (χ0v) is 8.47. The van der Waals surface area contributed by atoms with Crippen LogP contribution in [0.4, 0.5) is 11.5 Å². The van der Waals surface area contributed by atoms with Crippen molar-refractivity contribution in [3.8, 4) is 5.75 Å². The number of nitrogens with one attached hydrogen (secondary N) is 1. The van der Waals surface area contributed by atoms with E-state index in [1.165, 1.54) is 0 Å². The quantitative estimate of drug-likeness (QED) is 0.827. The average Bonchev–Trinajstić information content (AvgIpc) is 2.31. The van der Waals surface area contributed by atoms with Gasteiger partial charge in [0, 0.05) is 11.9 Å². The Morgan fingerprint density at radius 2 is 1.87 bits per heavy atom. The number of hydrogen-bond acceptors (Lipinski definition) is 3. The van der Waals surface area contributed by atoms with E-state index in [4.69, 9.17) is 4.74 Å². The summed E-state index contributed by atoms with van der Waals surface area (Å²) in [4.78, 5) is 4.17. The average molecular weight is 200 g/mol. The van der Waals surface area contributed by atoms with Gasteiger partial charge in [-0.25, -0.2) is 4.98 Å². The number of aromatic nitrogens is 1. The minimum Gasteiger partial charge on any atom is -0.497 e. The van der Waals surface area contributed by atoms with E-state index < -0.39 is 0 Å². The molecule has 0 fully saturated rings. The largest absolute Gasteiger partial charge is 0.497 e. The first-order chi connectivity index (χ1) is 7.38. The maximum atomic E-state index is 5.08. The van der Waals surface area contributed by atoms with Crippen LogP contribution in [0, 0.1) is 0 Å². The standard InChI is InChI=1S/C12H12N2O/c1-15-11-7-5-10(6-8-11)14-12-4-2-3-9-13-12/h2-9H,1H3,(H,13,14). The molecule has 76 valence electrons. The van der Waals surface area contributed by atoms with Gasteiger partial charge in [-0.05, 0) is 36.4 Å². The second-order valence-corrected chi connectivity index (χ2v) is 3.07. The van der Waals surface area contributed by atoms with Gasteiger partial charge in [0.05, 0.1) is 7.11 Å². The predicted octanol–water partition coefficient (Wildman–Crippen LogP) is 2.83. The smallest absolute Gasteiger partial charge is 0.130 e. The fraction of sp³-hybridized carbons (Fsp3) is 0.0833. The Balaban J connectivity index is 2.11. The number of pyridine rings is 1. The van der Waals surface area contributed by atoms with E-state index in [2.05, 4.69) is 10.3 Å². The lowest BCUT2D eigenvalue weighted by Crippen LogP contribution is -1.92. The summed E-state index contributed by atoms with van der Waals surface area (Å²) < 4.78 is 5.08. The van der Waals surface area contributed by atoms with Gasteiger partial charge in [-0.2, -0.15) is 0 Å². The van der Waals surface area contributed by atoms with Crippen LogP contribution >= 0.6 is 0 Å². The lowest BCUT2D eigenvalue weighted by molar-refractivity contribution is 0.415. The van der Waals surface area contributed by atoms with Crippen molar-refractivity contribution in [2.45, 2.75) is 0 Å². The fourth-order valence-electron chi connectivity index (χ4n) is 1.26. The second-order valence-electron chi connectivity index (χ2n) is 3.07. The molecule has 0 radical (unpaired) electrons. The van der Waals surface area contributed by atoms with Crippen LogP contribution in [0.2, 0.25) is 0 Å². The van der Waals surface area contributed by atoms with Crippen molar-refractivity contribution in [1.82, 2.24) is 4.98 Å².